The summed E-state index contributed by atoms with van der Waals surface area (Å²) in [5.74, 6) is -2.10. The fourth-order valence-electron chi connectivity index (χ4n) is 10.8. The van der Waals surface area contributed by atoms with Gasteiger partial charge >= 0.3 is 64.0 Å². The number of carbonyl (C=O) groups is 1. The number of carbonyl (C=O) groups excluding carboxylic acids is 1. The van der Waals surface area contributed by atoms with E-state index in [0.29, 0.717) is 37.8 Å². The van der Waals surface area contributed by atoms with E-state index >= 15 is 0 Å². The van der Waals surface area contributed by atoms with Crippen molar-refractivity contribution in [3.63, 3.8) is 0 Å². The molecule has 2 saturated carbocycles. The zero-order valence-electron chi connectivity index (χ0n) is 54.5. The molecule has 17 atom stereocenters. The van der Waals surface area contributed by atoms with E-state index < -0.39 is 177 Å². The summed E-state index contributed by atoms with van der Waals surface area (Å²) in [6.45, 7) is 1.46. The average molecular weight is 1630 g/mol. The quantitative estimate of drug-likeness (QED) is 0.0214. The van der Waals surface area contributed by atoms with E-state index in [2.05, 4.69) is 56.2 Å². The highest BCUT2D eigenvalue weighted by molar-refractivity contribution is 7.72. The van der Waals surface area contributed by atoms with Gasteiger partial charge in [-0.15, -0.1) is 5.10 Å². The number of nitrogens with zero attached hydrogens (tertiary/aromatic N) is 6. The molecule has 4 aromatic heterocycles. The topological polar surface area (TPSA) is 680 Å². The molecule has 582 valence electrons. The van der Waals surface area contributed by atoms with E-state index in [1.54, 1.807) is 6.20 Å². The molecule has 5 heterocycles. The van der Waals surface area contributed by atoms with Crippen molar-refractivity contribution in [1.82, 2.24) is 49.0 Å². The van der Waals surface area contributed by atoms with Gasteiger partial charge in [0.1, 0.15) is 12.3 Å². The number of aromatic nitrogens is 9. The Labute approximate surface area is 580 Å². The molecule has 0 spiro atoms. The highest BCUT2D eigenvalue weighted by atomic mass is 31.3. The van der Waals surface area contributed by atoms with Crippen LogP contribution >= 0.6 is 62.6 Å². The van der Waals surface area contributed by atoms with Crippen LogP contribution in [0.15, 0.2) is 53.6 Å². The van der Waals surface area contributed by atoms with Crippen LogP contribution in [-0.4, -0.2) is 153 Å². The van der Waals surface area contributed by atoms with Gasteiger partial charge in [0.15, 0.2) is 0 Å². The first kappa shape index (κ1) is 85.9. The number of unbranched alkanes of at least 4 members (excludes halogenated alkanes) is 4. The van der Waals surface area contributed by atoms with Gasteiger partial charge in [0.05, 0.1) is 57.0 Å². The maximum Gasteiger partial charge on any atom is 0.490 e. The maximum absolute atomic E-state index is 13.3. The van der Waals surface area contributed by atoms with Gasteiger partial charge in [0.25, 0.3) is 32.3 Å². The zero-order chi connectivity index (χ0) is 76.3. The Morgan fingerprint density at radius 2 is 1.02 bits per heavy atom. The van der Waals surface area contributed by atoms with Gasteiger partial charge in [-0.05, 0) is 85.0 Å². The summed E-state index contributed by atoms with van der Waals surface area (Å²) in [6.07, 6.45) is 0.533. The number of phosphoric ester groups is 4. The molecule has 55 heteroatoms. The van der Waals surface area contributed by atoms with Gasteiger partial charge in [-0.3, -0.25) is 70.7 Å². The van der Waals surface area contributed by atoms with Crippen molar-refractivity contribution in [3.05, 3.63) is 110 Å². The van der Waals surface area contributed by atoms with Crippen LogP contribution in [0.2, 0.25) is 0 Å². The number of aliphatic hydroxyl groups is 2. The predicted octanol–water partition coefficient (Wildman–Crippen LogP) is 0.635. The van der Waals surface area contributed by atoms with Crippen molar-refractivity contribution in [2.45, 2.75) is 160 Å². The van der Waals surface area contributed by atoms with E-state index in [9.17, 15) is 119 Å². The van der Waals surface area contributed by atoms with E-state index in [0.717, 1.165) is 10.8 Å². The second-order valence-corrected chi connectivity index (χ2v) is 36.0. The minimum Gasteiger partial charge on any atom is -0.756 e. The van der Waals surface area contributed by atoms with Crippen LogP contribution in [0.25, 0.3) is 0 Å². The molecular weight excluding hydrogens is 1560 g/mol. The number of ether oxygens (including phenoxy) is 1. The molecular formula is C48H76N10O37P8-2. The maximum atomic E-state index is 13.3. The molecule has 1 saturated heterocycles. The van der Waals surface area contributed by atoms with Gasteiger partial charge in [0, 0.05) is 91.3 Å². The third-order valence-electron chi connectivity index (χ3n) is 15.7. The molecule has 0 bridgehead atoms. The summed E-state index contributed by atoms with van der Waals surface area (Å²) in [5, 5.41) is 31.9. The number of nitrogens with one attached hydrogen (secondary N) is 4. The first-order valence-electron chi connectivity index (χ1n) is 31.0. The molecule has 3 aliphatic rings. The van der Waals surface area contributed by atoms with Crippen molar-refractivity contribution in [1.29, 1.82) is 0 Å². The van der Waals surface area contributed by atoms with Crippen molar-refractivity contribution in [2.75, 3.05) is 39.6 Å². The van der Waals surface area contributed by atoms with Gasteiger partial charge in [-0.2, -0.15) is 21.6 Å². The average Bonchev–Trinajstić information content (AvgIpc) is 1.76. The fraction of sp³-hybridized carbons (Fsp3) is 0.688. The molecule has 0 aromatic carbocycles. The lowest BCUT2D eigenvalue weighted by Crippen LogP contribution is -2.33. The van der Waals surface area contributed by atoms with Crippen LogP contribution in [0.3, 0.4) is 0 Å². The summed E-state index contributed by atoms with van der Waals surface area (Å²) in [4.78, 5) is 177. The number of hydrogen-bond acceptors (Lipinski definition) is 33. The molecule has 12 N–H and O–H groups in total. The zero-order valence-corrected chi connectivity index (χ0v) is 61.7. The second kappa shape index (κ2) is 36.2. The Morgan fingerprint density at radius 1 is 0.544 bits per heavy atom. The van der Waals surface area contributed by atoms with Crippen LogP contribution in [0.1, 0.15) is 124 Å². The summed E-state index contributed by atoms with van der Waals surface area (Å²) in [6, 6.07) is -1.40. The summed E-state index contributed by atoms with van der Waals surface area (Å²) in [7, 11) is -47.6. The third-order valence-corrected chi connectivity index (χ3v) is 26.9. The van der Waals surface area contributed by atoms with Crippen molar-refractivity contribution < 1.29 is 144 Å². The first-order chi connectivity index (χ1) is 47.8. The first-order valence-corrected chi connectivity index (χ1v) is 42.9. The third kappa shape index (κ3) is 27.4. The smallest absolute Gasteiger partial charge is 0.490 e. The van der Waals surface area contributed by atoms with Crippen LogP contribution in [0.5, 0.6) is 0 Å². The Bertz CT molecular complexity index is 4430. The minimum absolute atomic E-state index is 0.0118. The van der Waals surface area contributed by atoms with Crippen LogP contribution in [-0.2, 0) is 108 Å². The number of aromatic amines is 3. The monoisotopic (exact) mass is 1630 g/mol. The Balaban J connectivity index is 0.729. The number of amides is 1. The van der Waals surface area contributed by atoms with E-state index in [1.807, 2.05) is 4.98 Å². The fourth-order valence-corrected chi connectivity index (χ4v) is 20.4. The van der Waals surface area contributed by atoms with Gasteiger partial charge < -0.3 is 77.5 Å². The molecule has 8 unspecified atom stereocenters. The standard InChI is InChI=1S/C48H78N10O37P8/c1-29-22-56(46(65)50-43(29)62)35-17-32(37(59)19-35)26-87-97(70,71)90-39-20-36(57-23-30(2)44(63)51-47(57)66)18-33(39)27-86-96(68,69)84-16-9-6-11-34-25-55(54-53-34)14-10-12-41(61)49-13-7-4-5-8-15-85-98(72,73)91-100(76,77)93-102(80,81)95-103(82,83)94-101(78,79)92-99(74,75)88-28-40-38(60)21-42(89-40)58-24-31(3)45(64)52-48(58)67/h22-25,32-33,35-40,42,59-60H,4-21,26-28H2,1-3H3,(H,49,61)(H,68,69)(H,70,71)(H,72,73)(H,74,75)(H,76,77)(H,78,79)(H,80,81)(H,82,83)(H,50,62,65)(H,51,63,66)(H,52,64,67)/p-2/t32-,33-,35-,36-,37-,38+,39-,40+,42+/m1/s1. The van der Waals surface area contributed by atoms with E-state index in [-0.39, 0.29) is 100 Å². The summed E-state index contributed by atoms with van der Waals surface area (Å²) >= 11 is 0. The molecule has 3 fully saturated rings. The van der Waals surface area contributed by atoms with Crippen molar-refractivity contribution in [2.24, 2.45) is 11.8 Å². The molecule has 4 aromatic rings. The number of rotatable bonds is 42. The molecule has 47 nitrogen and oxygen atoms in total. The molecule has 0 radical (unpaired) electrons. The molecule has 2 aliphatic carbocycles. The second-order valence-electron chi connectivity index (χ2n) is 23.8. The highest BCUT2D eigenvalue weighted by Gasteiger charge is 2.50. The summed E-state index contributed by atoms with van der Waals surface area (Å²) < 4.78 is 159. The van der Waals surface area contributed by atoms with E-state index in [1.165, 1.54) is 47.0 Å². The number of H-pyrrole nitrogens is 3. The molecule has 1 aliphatic heterocycles. The van der Waals surface area contributed by atoms with Gasteiger partial charge in [-0.25, -0.2) is 41.8 Å². The normalized spacial score (nSPS) is 25.5. The lowest BCUT2D eigenvalue weighted by molar-refractivity contribution is -0.233. The highest BCUT2D eigenvalue weighted by Crippen LogP contribution is 2.75. The number of aliphatic hydroxyl groups excluding tert-OH is 2. The lowest BCUT2D eigenvalue weighted by atomic mass is 10.1. The summed E-state index contributed by atoms with van der Waals surface area (Å²) in [5.41, 5.74) is -3.43. The SMILES string of the molecule is Cc1cn([C@@H]2C[C@H](COP(=O)([O-])O[C@@H]3C[C@H](n4cc(C)c(=O)[nH]c4=O)C[C@@H]3COP(=O)([O-])OCCCCc3cn(CCCC(=O)NCCCCCCOP(=O)(O)OP(=O)(O)OP(=O)(O)OP(=O)(O)OP(=O)(O)OP(=O)(O)OC[C@@H]4O[C@H](n5cc(C)c(=O)[nH]c5=O)C[C@@H]4O)nn3)[C@H](O)C2)c(=O)[nH]c1=O. The lowest BCUT2D eigenvalue weighted by Gasteiger charge is -2.31. The van der Waals surface area contributed by atoms with E-state index in [4.69, 9.17) is 22.8 Å². The minimum atomic E-state index is -6.56. The Hall–Kier alpha value is -4.39. The van der Waals surface area contributed by atoms with Crippen molar-refractivity contribution >= 4 is 68.5 Å². The predicted molar refractivity (Wildman–Crippen MR) is 340 cm³/mol. The number of phosphoric acid groups is 8. The van der Waals surface area contributed by atoms with Crippen LogP contribution < -0.4 is 48.9 Å². The molecule has 103 heavy (non-hydrogen) atoms. The number of hydrogen-bond donors (Lipinski definition) is 12. The van der Waals surface area contributed by atoms with Gasteiger partial charge in [0.2, 0.25) is 5.91 Å². The van der Waals surface area contributed by atoms with Crippen LogP contribution in [0.4, 0.5) is 0 Å². The Kier molecular flexibility index (Phi) is 30.2. The largest absolute Gasteiger partial charge is 0.756 e. The Morgan fingerprint density at radius 3 is 1.60 bits per heavy atom. The molecule has 1 amide bonds. The molecule has 7 rings (SSSR count). The van der Waals surface area contributed by atoms with Crippen LogP contribution in [0, 0.1) is 32.6 Å². The van der Waals surface area contributed by atoms with Gasteiger partial charge in [-0.1, -0.05) is 18.1 Å². The van der Waals surface area contributed by atoms with Crippen molar-refractivity contribution in [3.8, 4) is 0 Å². The number of aryl methyl sites for hydroxylation is 5.